The number of aliphatic carboxylic acids is 1. The standard InChI is InChI=1S/C13H15NO5/c1-13(12(18)19,7-5-6-7)14-11(17)8-3-2-4-9(15)10(8)16/h2-4,7,15-16H,5-6H2,1H3,(H,14,17)(H,18,19). The number of hydrogen-bond donors (Lipinski definition) is 4. The average Bonchev–Trinajstić information content (AvgIpc) is 3.16. The van der Waals surface area contributed by atoms with Gasteiger partial charge in [0.1, 0.15) is 5.54 Å². The van der Waals surface area contributed by atoms with Crippen LogP contribution in [-0.2, 0) is 4.79 Å². The van der Waals surface area contributed by atoms with Gasteiger partial charge in [0.2, 0.25) is 0 Å². The minimum Gasteiger partial charge on any atom is -0.504 e. The summed E-state index contributed by atoms with van der Waals surface area (Å²) in [4.78, 5) is 23.3. The lowest BCUT2D eigenvalue weighted by molar-refractivity contribution is -0.144. The van der Waals surface area contributed by atoms with Gasteiger partial charge in [-0.15, -0.1) is 0 Å². The second-order valence-corrected chi connectivity index (χ2v) is 4.91. The molecule has 0 aromatic heterocycles. The summed E-state index contributed by atoms with van der Waals surface area (Å²) < 4.78 is 0. The molecule has 102 valence electrons. The minimum atomic E-state index is -1.35. The first-order valence-corrected chi connectivity index (χ1v) is 5.93. The highest BCUT2D eigenvalue weighted by Crippen LogP contribution is 2.40. The highest BCUT2D eigenvalue weighted by Gasteiger charge is 2.48. The Morgan fingerprint density at radius 2 is 1.95 bits per heavy atom. The third kappa shape index (κ3) is 2.33. The van der Waals surface area contributed by atoms with Crippen molar-refractivity contribution in [3.8, 4) is 11.5 Å². The number of para-hydroxylation sites is 1. The van der Waals surface area contributed by atoms with Crippen LogP contribution in [0.3, 0.4) is 0 Å². The summed E-state index contributed by atoms with van der Waals surface area (Å²) in [5, 5.41) is 30.6. The zero-order chi connectivity index (χ0) is 14.2. The van der Waals surface area contributed by atoms with E-state index in [1.54, 1.807) is 0 Å². The van der Waals surface area contributed by atoms with E-state index < -0.39 is 28.9 Å². The first kappa shape index (κ1) is 13.2. The molecular weight excluding hydrogens is 250 g/mol. The van der Waals surface area contributed by atoms with Crippen LogP contribution in [0.1, 0.15) is 30.1 Å². The van der Waals surface area contributed by atoms with E-state index >= 15 is 0 Å². The fourth-order valence-corrected chi connectivity index (χ4v) is 2.01. The average molecular weight is 265 g/mol. The van der Waals surface area contributed by atoms with Gasteiger partial charge in [0.15, 0.2) is 11.5 Å². The van der Waals surface area contributed by atoms with Crippen molar-refractivity contribution in [1.29, 1.82) is 0 Å². The molecule has 4 N–H and O–H groups in total. The summed E-state index contributed by atoms with van der Waals surface area (Å²) in [6, 6.07) is 3.96. The van der Waals surface area contributed by atoms with Crippen LogP contribution < -0.4 is 5.32 Å². The Bertz CT molecular complexity index is 538. The van der Waals surface area contributed by atoms with Crippen LogP contribution in [0, 0.1) is 5.92 Å². The predicted molar refractivity (Wildman–Crippen MR) is 66.0 cm³/mol. The normalized spacial score (nSPS) is 17.5. The van der Waals surface area contributed by atoms with E-state index in [-0.39, 0.29) is 11.5 Å². The van der Waals surface area contributed by atoms with Crippen molar-refractivity contribution in [2.45, 2.75) is 25.3 Å². The van der Waals surface area contributed by atoms with Crippen LogP contribution >= 0.6 is 0 Å². The fraction of sp³-hybridized carbons (Fsp3) is 0.385. The first-order valence-electron chi connectivity index (χ1n) is 5.93. The summed E-state index contributed by atoms with van der Waals surface area (Å²) >= 11 is 0. The molecule has 6 heteroatoms. The fourth-order valence-electron chi connectivity index (χ4n) is 2.01. The first-order chi connectivity index (χ1) is 8.86. The number of carboxylic acids is 1. The second kappa shape index (κ2) is 4.46. The molecule has 1 aliphatic rings. The van der Waals surface area contributed by atoms with Crippen molar-refractivity contribution in [1.82, 2.24) is 5.32 Å². The second-order valence-electron chi connectivity index (χ2n) is 4.91. The maximum atomic E-state index is 12.0. The van der Waals surface area contributed by atoms with Gasteiger partial charge in [-0.1, -0.05) is 6.07 Å². The smallest absolute Gasteiger partial charge is 0.329 e. The van der Waals surface area contributed by atoms with E-state index in [9.17, 15) is 24.9 Å². The molecule has 1 atom stereocenters. The molecule has 0 heterocycles. The van der Waals surface area contributed by atoms with Crippen LogP contribution in [0.4, 0.5) is 0 Å². The van der Waals surface area contributed by atoms with Gasteiger partial charge in [-0.25, -0.2) is 4.79 Å². The monoisotopic (exact) mass is 265 g/mol. The molecule has 0 bridgehead atoms. The van der Waals surface area contributed by atoms with Gasteiger partial charge in [0.25, 0.3) is 5.91 Å². The summed E-state index contributed by atoms with van der Waals surface area (Å²) in [6.07, 6.45) is 1.49. The zero-order valence-corrected chi connectivity index (χ0v) is 10.4. The van der Waals surface area contributed by atoms with E-state index in [2.05, 4.69) is 5.32 Å². The summed E-state index contributed by atoms with van der Waals surface area (Å²) in [6.45, 7) is 1.45. The van der Waals surface area contributed by atoms with Crippen molar-refractivity contribution < 1.29 is 24.9 Å². The lowest BCUT2D eigenvalue weighted by Gasteiger charge is -2.26. The van der Waals surface area contributed by atoms with Crippen molar-refractivity contribution >= 4 is 11.9 Å². The Morgan fingerprint density at radius 3 is 2.47 bits per heavy atom. The Hall–Kier alpha value is -2.24. The highest BCUT2D eigenvalue weighted by molar-refractivity contribution is 6.00. The molecule has 1 saturated carbocycles. The quantitative estimate of drug-likeness (QED) is 0.609. The summed E-state index contributed by atoms with van der Waals surface area (Å²) in [7, 11) is 0. The number of nitrogens with one attached hydrogen (secondary N) is 1. The molecule has 1 fully saturated rings. The van der Waals surface area contributed by atoms with Crippen molar-refractivity contribution in [2.24, 2.45) is 5.92 Å². The zero-order valence-electron chi connectivity index (χ0n) is 10.4. The number of carbonyl (C=O) groups is 2. The van der Waals surface area contributed by atoms with E-state index in [1.807, 2.05) is 0 Å². The lowest BCUT2D eigenvalue weighted by atomic mass is 9.95. The molecule has 19 heavy (non-hydrogen) atoms. The summed E-state index contributed by atoms with van der Waals surface area (Å²) in [5.74, 6) is -2.90. The molecule has 1 aromatic rings. The molecule has 2 rings (SSSR count). The van der Waals surface area contributed by atoms with Crippen LogP contribution in [-0.4, -0.2) is 32.7 Å². The minimum absolute atomic E-state index is 0.103. The highest BCUT2D eigenvalue weighted by atomic mass is 16.4. The van der Waals surface area contributed by atoms with Gasteiger partial charge in [-0.2, -0.15) is 0 Å². The molecule has 1 unspecified atom stereocenters. The number of phenolic OH excluding ortho intramolecular Hbond substituents is 2. The Balaban J connectivity index is 2.25. The van der Waals surface area contributed by atoms with Gasteiger partial charge in [0.05, 0.1) is 5.56 Å². The molecule has 0 radical (unpaired) electrons. The number of carboxylic acid groups (broad SMARTS) is 1. The molecule has 0 aliphatic heterocycles. The van der Waals surface area contributed by atoms with E-state index in [4.69, 9.17) is 0 Å². The third-order valence-corrected chi connectivity index (χ3v) is 3.47. The maximum absolute atomic E-state index is 12.0. The molecule has 0 spiro atoms. The number of carbonyl (C=O) groups excluding carboxylic acids is 1. The largest absolute Gasteiger partial charge is 0.504 e. The molecule has 6 nitrogen and oxygen atoms in total. The molecule has 1 amide bonds. The van der Waals surface area contributed by atoms with Crippen LogP contribution in [0.15, 0.2) is 18.2 Å². The summed E-state index contributed by atoms with van der Waals surface area (Å²) in [5.41, 5.74) is -1.50. The van der Waals surface area contributed by atoms with Gasteiger partial charge >= 0.3 is 5.97 Å². The predicted octanol–water partition coefficient (Wildman–Crippen LogP) is 1.08. The van der Waals surface area contributed by atoms with Crippen LogP contribution in [0.2, 0.25) is 0 Å². The number of amides is 1. The van der Waals surface area contributed by atoms with Crippen LogP contribution in [0.5, 0.6) is 11.5 Å². The number of benzene rings is 1. The number of phenols is 2. The van der Waals surface area contributed by atoms with Gasteiger partial charge in [0, 0.05) is 0 Å². The van der Waals surface area contributed by atoms with Gasteiger partial charge in [-0.3, -0.25) is 4.79 Å². The topological polar surface area (TPSA) is 107 Å². The SMILES string of the molecule is CC(NC(=O)c1cccc(O)c1O)(C(=O)O)C1CC1. The van der Waals surface area contributed by atoms with Crippen molar-refractivity contribution in [3.05, 3.63) is 23.8 Å². The van der Waals surface area contributed by atoms with Gasteiger partial charge in [-0.05, 0) is 37.8 Å². The molecule has 1 aliphatic carbocycles. The van der Waals surface area contributed by atoms with Crippen LogP contribution in [0.25, 0.3) is 0 Å². The maximum Gasteiger partial charge on any atom is 0.329 e. The van der Waals surface area contributed by atoms with E-state index in [0.717, 1.165) is 12.8 Å². The molecule has 1 aromatic carbocycles. The molecular formula is C13H15NO5. The number of aromatic hydroxyl groups is 2. The van der Waals surface area contributed by atoms with E-state index in [1.165, 1.54) is 25.1 Å². The van der Waals surface area contributed by atoms with Gasteiger partial charge < -0.3 is 20.6 Å². The Kier molecular flexibility index (Phi) is 3.09. The number of rotatable bonds is 4. The third-order valence-electron chi connectivity index (χ3n) is 3.47. The Morgan fingerprint density at radius 1 is 1.32 bits per heavy atom. The lowest BCUT2D eigenvalue weighted by Crippen LogP contribution is -2.54. The number of hydrogen-bond acceptors (Lipinski definition) is 4. The van der Waals surface area contributed by atoms with Crippen molar-refractivity contribution in [3.63, 3.8) is 0 Å². The van der Waals surface area contributed by atoms with E-state index in [0.29, 0.717) is 0 Å². The van der Waals surface area contributed by atoms with Crippen molar-refractivity contribution in [2.75, 3.05) is 0 Å². The molecule has 0 saturated heterocycles. The Labute approximate surface area is 109 Å².